The van der Waals surface area contributed by atoms with Crippen molar-refractivity contribution in [1.82, 2.24) is 4.90 Å². The molecule has 2 rings (SSSR count). The number of carbonyl (C=O) groups excluding carboxylic acids is 2. The quantitative estimate of drug-likeness (QED) is 0.487. The molecule has 2 aliphatic rings. The van der Waals surface area contributed by atoms with Crippen molar-refractivity contribution < 1.29 is 9.59 Å². The Balaban J connectivity index is 2.43. The second kappa shape index (κ2) is 2.11. The Morgan fingerprint density at radius 3 is 3.00 bits per heavy atom. The third-order valence-corrected chi connectivity index (χ3v) is 2.98. The van der Waals surface area contributed by atoms with Gasteiger partial charge in [0.1, 0.15) is 0 Å². The average molecular weight is 169 g/mol. The van der Waals surface area contributed by atoms with Gasteiger partial charge in [0.15, 0.2) is 0 Å². The van der Waals surface area contributed by atoms with Crippen molar-refractivity contribution in [3.05, 3.63) is 11.0 Å². The van der Waals surface area contributed by atoms with Gasteiger partial charge in [0.25, 0.3) is 5.91 Å². The van der Waals surface area contributed by atoms with E-state index in [2.05, 4.69) is 0 Å². The van der Waals surface area contributed by atoms with Gasteiger partial charge in [0, 0.05) is 18.4 Å². The summed E-state index contributed by atoms with van der Waals surface area (Å²) in [4.78, 5) is 23.7. The zero-order valence-electron chi connectivity index (χ0n) is 6.03. The second-order valence-corrected chi connectivity index (χ2v) is 3.56. The SMILES string of the molecule is CN1C(=O)C2=CSCC2C1=O. The Kier molecular flexibility index (Phi) is 1.32. The molecule has 3 nitrogen and oxygen atoms in total. The predicted octanol–water partition coefficient (Wildman–Crippen LogP) is 0.232. The van der Waals surface area contributed by atoms with Gasteiger partial charge in [-0.25, -0.2) is 0 Å². The highest BCUT2D eigenvalue weighted by Crippen LogP contribution is 2.35. The third kappa shape index (κ3) is 0.758. The highest BCUT2D eigenvalue weighted by molar-refractivity contribution is 8.02. The molecular weight excluding hydrogens is 162 g/mol. The van der Waals surface area contributed by atoms with Crippen LogP contribution >= 0.6 is 11.8 Å². The first-order valence-electron chi connectivity index (χ1n) is 3.35. The first kappa shape index (κ1) is 6.91. The van der Waals surface area contributed by atoms with E-state index >= 15 is 0 Å². The highest BCUT2D eigenvalue weighted by atomic mass is 32.2. The molecule has 0 spiro atoms. The van der Waals surface area contributed by atoms with E-state index in [1.807, 2.05) is 0 Å². The normalized spacial score (nSPS) is 29.4. The minimum absolute atomic E-state index is 0.0498. The molecule has 0 aromatic carbocycles. The van der Waals surface area contributed by atoms with Gasteiger partial charge < -0.3 is 0 Å². The topological polar surface area (TPSA) is 37.4 Å². The molecule has 1 fully saturated rings. The Bertz CT molecular complexity index is 272. The minimum atomic E-state index is -0.141. The molecule has 0 N–H and O–H groups in total. The molecule has 2 amide bonds. The van der Waals surface area contributed by atoms with Gasteiger partial charge in [-0.1, -0.05) is 0 Å². The molecule has 1 unspecified atom stereocenters. The summed E-state index contributed by atoms with van der Waals surface area (Å²) in [5.41, 5.74) is 0.683. The number of imide groups is 1. The largest absolute Gasteiger partial charge is 0.281 e. The first-order chi connectivity index (χ1) is 5.22. The fourth-order valence-corrected chi connectivity index (χ4v) is 2.39. The van der Waals surface area contributed by atoms with E-state index in [1.165, 1.54) is 11.9 Å². The van der Waals surface area contributed by atoms with Gasteiger partial charge in [0.2, 0.25) is 5.91 Å². The van der Waals surface area contributed by atoms with E-state index in [0.29, 0.717) is 5.57 Å². The molecule has 0 aliphatic carbocycles. The van der Waals surface area contributed by atoms with E-state index in [9.17, 15) is 9.59 Å². The lowest BCUT2D eigenvalue weighted by Gasteiger charge is -2.04. The van der Waals surface area contributed by atoms with Crippen molar-refractivity contribution in [1.29, 1.82) is 0 Å². The maximum atomic E-state index is 11.2. The number of hydrogen-bond acceptors (Lipinski definition) is 3. The maximum absolute atomic E-state index is 11.2. The number of amides is 2. The van der Waals surface area contributed by atoms with Gasteiger partial charge in [-0.2, -0.15) is 0 Å². The van der Waals surface area contributed by atoms with Crippen LogP contribution in [0.4, 0.5) is 0 Å². The molecule has 2 heterocycles. The molecule has 0 bridgehead atoms. The van der Waals surface area contributed by atoms with Gasteiger partial charge in [-0.05, 0) is 5.41 Å². The molecule has 2 aliphatic heterocycles. The fourth-order valence-electron chi connectivity index (χ4n) is 1.34. The number of thioether (sulfide) groups is 1. The molecule has 0 saturated carbocycles. The van der Waals surface area contributed by atoms with Crippen LogP contribution < -0.4 is 0 Å². The van der Waals surface area contributed by atoms with Crippen molar-refractivity contribution >= 4 is 23.6 Å². The molecule has 0 aromatic rings. The molecule has 58 valence electrons. The average Bonchev–Trinajstić information content (AvgIpc) is 2.53. The van der Waals surface area contributed by atoms with Gasteiger partial charge in [0.05, 0.1) is 5.92 Å². The standard InChI is InChI=1S/C7H7NO2S/c1-8-6(9)4-2-11-3-5(4)7(8)10/h2,5H,3H2,1H3. The number of hydrogen-bond donors (Lipinski definition) is 0. The monoisotopic (exact) mass is 169 g/mol. The van der Waals surface area contributed by atoms with Crippen LogP contribution in [0, 0.1) is 5.92 Å². The Morgan fingerprint density at radius 1 is 1.64 bits per heavy atom. The van der Waals surface area contributed by atoms with Crippen LogP contribution in [0.5, 0.6) is 0 Å². The zero-order valence-corrected chi connectivity index (χ0v) is 6.85. The number of rotatable bonds is 0. The molecule has 1 saturated heterocycles. The number of likely N-dealkylation sites (tertiary alicyclic amines) is 1. The van der Waals surface area contributed by atoms with Gasteiger partial charge >= 0.3 is 0 Å². The summed E-state index contributed by atoms with van der Waals surface area (Å²) < 4.78 is 0. The van der Waals surface area contributed by atoms with Gasteiger partial charge in [-0.15, -0.1) is 11.8 Å². The van der Waals surface area contributed by atoms with E-state index in [0.717, 1.165) is 5.75 Å². The smallest absolute Gasteiger partial charge is 0.257 e. The van der Waals surface area contributed by atoms with Crippen LogP contribution in [0.15, 0.2) is 11.0 Å². The second-order valence-electron chi connectivity index (χ2n) is 2.66. The molecule has 11 heavy (non-hydrogen) atoms. The van der Waals surface area contributed by atoms with Crippen molar-refractivity contribution in [2.75, 3.05) is 12.8 Å². The van der Waals surface area contributed by atoms with Crippen molar-refractivity contribution in [2.24, 2.45) is 5.92 Å². The van der Waals surface area contributed by atoms with E-state index in [-0.39, 0.29) is 17.7 Å². The summed E-state index contributed by atoms with van der Waals surface area (Å²) in [6, 6.07) is 0. The van der Waals surface area contributed by atoms with Crippen LogP contribution in [0.2, 0.25) is 0 Å². The molecular formula is C7H7NO2S. The van der Waals surface area contributed by atoms with Crippen LogP contribution in [0.3, 0.4) is 0 Å². The van der Waals surface area contributed by atoms with Crippen molar-refractivity contribution in [2.45, 2.75) is 0 Å². The molecule has 1 atom stereocenters. The number of fused-ring (bicyclic) bond motifs is 1. The number of carbonyl (C=O) groups is 2. The van der Waals surface area contributed by atoms with Crippen molar-refractivity contribution in [3.63, 3.8) is 0 Å². The summed E-state index contributed by atoms with van der Waals surface area (Å²) in [5.74, 6) is 0.429. The van der Waals surface area contributed by atoms with E-state index < -0.39 is 0 Å². The number of nitrogens with zero attached hydrogens (tertiary/aromatic N) is 1. The maximum Gasteiger partial charge on any atom is 0.257 e. The Morgan fingerprint density at radius 2 is 2.36 bits per heavy atom. The lowest BCUT2D eigenvalue weighted by molar-refractivity contribution is -0.137. The summed E-state index contributed by atoms with van der Waals surface area (Å²) in [6.45, 7) is 0. The first-order valence-corrected chi connectivity index (χ1v) is 4.40. The van der Waals surface area contributed by atoms with Crippen LogP contribution in [0.1, 0.15) is 0 Å². The zero-order chi connectivity index (χ0) is 8.01. The van der Waals surface area contributed by atoms with E-state index in [1.54, 1.807) is 17.2 Å². The number of likely N-dealkylation sites (N-methyl/N-ethyl adjacent to an activating group) is 1. The minimum Gasteiger partial charge on any atom is -0.281 e. The summed E-state index contributed by atoms with van der Waals surface area (Å²) in [7, 11) is 1.54. The summed E-state index contributed by atoms with van der Waals surface area (Å²) in [5, 5.41) is 1.80. The third-order valence-electron chi connectivity index (χ3n) is 2.03. The lowest BCUT2D eigenvalue weighted by Crippen LogP contribution is -2.26. The van der Waals surface area contributed by atoms with Crippen LogP contribution in [-0.4, -0.2) is 29.5 Å². The lowest BCUT2D eigenvalue weighted by atomic mass is 10.1. The molecule has 0 aromatic heterocycles. The highest BCUT2D eigenvalue weighted by Gasteiger charge is 2.43. The van der Waals surface area contributed by atoms with Crippen LogP contribution in [0.25, 0.3) is 0 Å². The molecule has 0 radical (unpaired) electrons. The van der Waals surface area contributed by atoms with Gasteiger partial charge in [-0.3, -0.25) is 14.5 Å². The van der Waals surface area contributed by atoms with E-state index in [4.69, 9.17) is 0 Å². The molecule has 4 heteroatoms. The fraction of sp³-hybridized carbons (Fsp3) is 0.429. The Hall–Kier alpha value is -0.770. The van der Waals surface area contributed by atoms with Crippen LogP contribution in [-0.2, 0) is 9.59 Å². The Labute approximate surface area is 68.4 Å². The van der Waals surface area contributed by atoms with Crippen molar-refractivity contribution in [3.8, 4) is 0 Å². The summed E-state index contributed by atoms with van der Waals surface area (Å²) in [6.07, 6.45) is 0. The summed E-state index contributed by atoms with van der Waals surface area (Å²) >= 11 is 1.55. The predicted molar refractivity (Wildman–Crippen MR) is 41.8 cm³/mol.